The molecule has 0 aliphatic heterocycles. The Hall–Kier alpha value is -4.18. The van der Waals surface area contributed by atoms with Crippen LogP contribution in [0.25, 0.3) is 11.0 Å². The van der Waals surface area contributed by atoms with Gasteiger partial charge in [-0.1, -0.05) is 25.5 Å². The summed E-state index contributed by atoms with van der Waals surface area (Å²) in [5, 5.41) is 5.77. The molecule has 0 atom stereocenters. The van der Waals surface area contributed by atoms with Gasteiger partial charge < -0.3 is 15.4 Å². The summed E-state index contributed by atoms with van der Waals surface area (Å²) in [5.41, 5.74) is 2.35. The van der Waals surface area contributed by atoms with Crippen molar-refractivity contribution in [1.29, 1.82) is 0 Å². The Kier molecular flexibility index (Phi) is 7.65. The molecule has 10 heteroatoms. The van der Waals surface area contributed by atoms with Crippen LogP contribution >= 0.6 is 0 Å². The van der Waals surface area contributed by atoms with Gasteiger partial charge in [-0.3, -0.25) is 9.52 Å². The monoisotopic (exact) mass is 505 g/mol. The summed E-state index contributed by atoms with van der Waals surface area (Å²) in [6.45, 7) is 4.14. The predicted octanol–water partition coefficient (Wildman–Crippen LogP) is 5.31. The first kappa shape index (κ1) is 24.9. The predicted molar refractivity (Wildman–Crippen MR) is 141 cm³/mol. The lowest BCUT2D eigenvalue weighted by Gasteiger charge is -2.14. The molecule has 0 unspecified atom stereocenters. The molecule has 0 spiro atoms. The van der Waals surface area contributed by atoms with E-state index in [9.17, 15) is 13.2 Å². The molecule has 0 saturated heterocycles. The number of ether oxygens (including phenoxy) is 1. The highest BCUT2D eigenvalue weighted by molar-refractivity contribution is 7.92. The largest absolute Gasteiger partial charge is 0.494 e. The van der Waals surface area contributed by atoms with Crippen LogP contribution in [0.4, 0.5) is 23.0 Å². The number of benzene rings is 3. The van der Waals surface area contributed by atoms with E-state index in [2.05, 4.69) is 32.2 Å². The van der Waals surface area contributed by atoms with E-state index in [4.69, 9.17) is 4.74 Å². The lowest BCUT2D eigenvalue weighted by atomic mass is 10.3. The number of sulfonamides is 1. The van der Waals surface area contributed by atoms with Crippen molar-refractivity contribution in [1.82, 2.24) is 9.97 Å². The van der Waals surface area contributed by atoms with E-state index in [1.54, 1.807) is 18.2 Å². The van der Waals surface area contributed by atoms with Crippen molar-refractivity contribution >= 4 is 50.0 Å². The molecule has 186 valence electrons. The van der Waals surface area contributed by atoms with Gasteiger partial charge in [0.05, 0.1) is 22.5 Å². The average molecular weight is 506 g/mol. The SMILES string of the molecule is CCCCOc1ccc(Nc2nc3ccccc3nc2NS(=O)(=O)c2ccc(NC(C)=O)cc2)cc1. The van der Waals surface area contributed by atoms with Crippen LogP contribution in [0.5, 0.6) is 5.75 Å². The van der Waals surface area contributed by atoms with Crippen LogP contribution in [0.1, 0.15) is 26.7 Å². The molecular formula is C26H27N5O4S. The molecule has 1 amide bonds. The third-order valence-electron chi connectivity index (χ3n) is 5.17. The van der Waals surface area contributed by atoms with Gasteiger partial charge in [0.25, 0.3) is 10.0 Å². The number of rotatable bonds is 10. The maximum absolute atomic E-state index is 13.1. The van der Waals surface area contributed by atoms with E-state index in [-0.39, 0.29) is 22.4 Å². The van der Waals surface area contributed by atoms with Crippen LogP contribution in [-0.4, -0.2) is 30.9 Å². The molecule has 0 bridgehead atoms. The van der Waals surface area contributed by atoms with Crippen molar-refractivity contribution in [3.05, 3.63) is 72.8 Å². The second kappa shape index (κ2) is 11.0. The van der Waals surface area contributed by atoms with Gasteiger partial charge in [0.2, 0.25) is 5.91 Å². The zero-order chi connectivity index (χ0) is 25.5. The van der Waals surface area contributed by atoms with E-state index in [1.807, 2.05) is 30.3 Å². The lowest BCUT2D eigenvalue weighted by molar-refractivity contribution is -0.114. The summed E-state index contributed by atoms with van der Waals surface area (Å²) < 4.78 is 34.5. The van der Waals surface area contributed by atoms with E-state index in [0.29, 0.717) is 29.0 Å². The number of aromatic nitrogens is 2. The highest BCUT2D eigenvalue weighted by Crippen LogP contribution is 2.28. The zero-order valence-corrected chi connectivity index (χ0v) is 20.8. The fourth-order valence-electron chi connectivity index (χ4n) is 3.37. The normalized spacial score (nSPS) is 11.2. The number of para-hydroxylation sites is 2. The molecule has 9 nitrogen and oxygen atoms in total. The van der Waals surface area contributed by atoms with Crippen LogP contribution in [0.15, 0.2) is 77.7 Å². The minimum Gasteiger partial charge on any atom is -0.494 e. The van der Waals surface area contributed by atoms with E-state index in [0.717, 1.165) is 18.6 Å². The molecule has 1 heterocycles. The number of carbonyl (C=O) groups excluding carboxylic acids is 1. The molecule has 0 radical (unpaired) electrons. The Morgan fingerprint density at radius 3 is 2.08 bits per heavy atom. The first-order valence-corrected chi connectivity index (χ1v) is 13.0. The molecule has 0 aliphatic carbocycles. The summed E-state index contributed by atoms with van der Waals surface area (Å²) in [6, 6.07) is 20.4. The summed E-state index contributed by atoms with van der Waals surface area (Å²) in [7, 11) is -3.99. The molecule has 3 aromatic carbocycles. The molecule has 3 N–H and O–H groups in total. The molecule has 4 aromatic rings. The number of anilines is 4. The van der Waals surface area contributed by atoms with Gasteiger partial charge in [-0.25, -0.2) is 18.4 Å². The quantitative estimate of drug-likeness (QED) is 0.250. The third kappa shape index (κ3) is 6.28. The first-order chi connectivity index (χ1) is 17.3. The molecule has 4 rings (SSSR count). The fraction of sp³-hybridized carbons (Fsp3) is 0.192. The minimum absolute atomic E-state index is 0.0195. The Balaban J connectivity index is 1.61. The molecule has 0 aliphatic rings. The first-order valence-electron chi connectivity index (χ1n) is 11.5. The second-order valence-electron chi connectivity index (χ2n) is 8.07. The summed E-state index contributed by atoms with van der Waals surface area (Å²) in [6.07, 6.45) is 2.03. The lowest BCUT2D eigenvalue weighted by Crippen LogP contribution is -2.16. The Morgan fingerprint density at radius 2 is 1.47 bits per heavy atom. The zero-order valence-electron chi connectivity index (χ0n) is 20.0. The molecule has 36 heavy (non-hydrogen) atoms. The van der Waals surface area contributed by atoms with Gasteiger partial charge in [0.15, 0.2) is 11.6 Å². The summed E-state index contributed by atoms with van der Waals surface area (Å²) in [4.78, 5) is 20.4. The van der Waals surface area contributed by atoms with Crippen LogP contribution < -0.4 is 20.1 Å². The van der Waals surface area contributed by atoms with Gasteiger partial charge >= 0.3 is 0 Å². The fourth-order valence-corrected chi connectivity index (χ4v) is 4.38. The van der Waals surface area contributed by atoms with E-state index >= 15 is 0 Å². The van der Waals surface area contributed by atoms with E-state index < -0.39 is 10.0 Å². The van der Waals surface area contributed by atoms with Crippen molar-refractivity contribution in [2.45, 2.75) is 31.6 Å². The van der Waals surface area contributed by atoms with Crippen LogP contribution in [0, 0.1) is 0 Å². The maximum Gasteiger partial charge on any atom is 0.263 e. The number of nitrogens with one attached hydrogen (secondary N) is 3. The van der Waals surface area contributed by atoms with Gasteiger partial charge in [0.1, 0.15) is 5.75 Å². The van der Waals surface area contributed by atoms with Crippen molar-refractivity contribution < 1.29 is 17.9 Å². The Bertz CT molecular complexity index is 1460. The molecule has 0 fully saturated rings. The van der Waals surface area contributed by atoms with E-state index in [1.165, 1.54) is 31.2 Å². The smallest absolute Gasteiger partial charge is 0.263 e. The number of unbranched alkanes of at least 4 members (excludes halogenated alkanes) is 1. The molecular weight excluding hydrogens is 478 g/mol. The van der Waals surface area contributed by atoms with Crippen LogP contribution in [-0.2, 0) is 14.8 Å². The average Bonchev–Trinajstić information content (AvgIpc) is 2.85. The van der Waals surface area contributed by atoms with Crippen molar-refractivity contribution in [2.24, 2.45) is 0 Å². The minimum atomic E-state index is -3.99. The van der Waals surface area contributed by atoms with Crippen molar-refractivity contribution in [3.63, 3.8) is 0 Å². The topological polar surface area (TPSA) is 122 Å². The summed E-state index contributed by atoms with van der Waals surface area (Å²) >= 11 is 0. The van der Waals surface area contributed by atoms with Gasteiger partial charge in [-0.05, 0) is 67.1 Å². The summed E-state index contributed by atoms with van der Waals surface area (Å²) in [5.74, 6) is 0.823. The Morgan fingerprint density at radius 1 is 0.861 bits per heavy atom. The number of nitrogens with zero attached hydrogens (tertiary/aromatic N) is 2. The van der Waals surface area contributed by atoms with Crippen LogP contribution in [0.2, 0.25) is 0 Å². The third-order valence-corrected chi connectivity index (χ3v) is 6.53. The van der Waals surface area contributed by atoms with Gasteiger partial charge in [0, 0.05) is 18.3 Å². The van der Waals surface area contributed by atoms with Crippen molar-refractivity contribution in [2.75, 3.05) is 22.0 Å². The number of hydrogen-bond acceptors (Lipinski definition) is 7. The molecule has 1 aromatic heterocycles. The van der Waals surface area contributed by atoms with Crippen molar-refractivity contribution in [3.8, 4) is 5.75 Å². The standard InChI is InChI=1S/C26H27N5O4S/c1-3-4-17-35-21-13-9-20(10-14-21)28-25-26(30-24-8-6-5-7-23(24)29-25)31-36(33,34)22-15-11-19(12-16-22)27-18(2)32/h5-16H,3-4,17H2,1-2H3,(H,27,32)(H,28,29)(H,30,31). The number of fused-ring (bicyclic) bond motifs is 1. The molecule has 0 saturated carbocycles. The Labute approximate surface area is 210 Å². The number of carbonyl (C=O) groups is 1. The van der Waals surface area contributed by atoms with Gasteiger partial charge in [-0.15, -0.1) is 0 Å². The second-order valence-corrected chi connectivity index (χ2v) is 9.75. The van der Waals surface area contributed by atoms with Crippen LogP contribution in [0.3, 0.4) is 0 Å². The maximum atomic E-state index is 13.1. The van der Waals surface area contributed by atoms with Gasteiger partial charge in [-0.2, -0.15) is 0 Å². The highest BCUT2D eigenvalue weighted by atomic mass is 32.2. The highest BCUT2D eigenvalue weighted by Gasteiger charge is 2.19. The number of amides is 1. The number of hydrogen-bond donors (Lipinski definition) is 3.